The van der Waals surface area contributed by atoms with Crippen molar-refractivity contribution in [1.82, 2.24) is 9.78 Å². The molecule has 0 amide bonds. The van der Waals surface area contributed by atoms with Crippen LogP contribution in [0.5, 0.6) is 0 Å². The number of aromatic carboxylic acids is 1. The van der Waals surface area contributed by atoms with Crippen LogP contribution in [0.2, 0.25) is 0 Å². The van der Waals surface area contributed by atoms with E-state index in [1.165, 1.54) is 0 Å². The average molecular weight is 330 g/mol. The summed E-state index contributed by atoms with van der Waals surface area (Å²) in [6.45, 7) is 3.84. The van der Waals surface area contributed by atoms with Crippen molar-refractivity contribution in [3.8, 4) is 0 Å². The van der Waals surface area contributed by atoms with Crippen molar-refractivity contribution in [1.29, 1.82) is 0 Å². The Kier molecular flexibility index (Phi) is 5.01. The van der Waals surface area contributed by atoms with Gasteiger partial charge in [-0.15, -0.1) is 0 Å². The van der Waals surface area contributed by atoms with Gasteiger partial charge in [0.1, 0.15) is 11.3 Å². The molecule has 2 rings (SSSR count). The number of nitrogens with zero attached hydrogens (tertiary/aromatic N) is 2. The number of halogens is 2. The average Bonchev–Trinajstić information content (AvgIpc) is 2.93. The molecule has 1 fully saturated rings. The predicted octanol–water partition coefficient (Wildman–Crippen LogP) is 3.20. The van der Waals surface area contributed by atoms with Gasteiger partial charge in [0.2, 0.25) is 0 Å². The molecule has 0 unspecified atom stereocenters. The van der Waals surface area contributed by atoms with Crippen LogP contribution in [0.3, 0.4) is 0 Å². The first-order valence-electron chi connectivity index (χ1n) is 7.56. The van der Waals surface area contributed by atoms with E-state index >= 15 is 0 Å². The van der Waals surface area contributed by atoms with Crippen molar-refractivity contribution in [2.45, 2.75) is 52.0 Å². The smallest absolute Gasteiger partial charge is 0.339 e. The standard InChI is InChI=1S/C15H20F2N2O4/c1-3-23-14(22)15(2)6-4-9(5-7-15)19-11(12(16)17)10(8-18-19)13(20)21/h8-9,12H,3-7H2,1-2H3,(H,20,21)/t9-,15-. The fourth-order valence-corrected chi connectivity index (χ4v) is 3.04. The van der Waals surface area contributed by atoms with Crippen molar-refractivity contribution >= 4 is 11.9 Å². The number of rotatable bonds is 5. The van der Waals surface area contributed by atoms with Crippen LogP contribution < -0.4 is 0 Å². The van der Waals surface area contributed by atoms with Gasteiger partial charge in [-0.3, -0.25) is 9.48 Å². The normalized spacial score (nSPS) is 24.7. The minimum Gasteiger partial charge on any atom is -0.478 e. The van der Waals surface area contributed by atoms with Gasteiger partial charge in [0, 0.05) is 0 Å². The molecule has 128 valence electrons. The second kappa shape index (κ2) is 6.64. The molecular weight excluding hydrogens is 310 g/mol. The quantitative estimate of drug-likeness (QED) is 0.839. The number of carbonyl (C=O) groups is 2. The number of hydrogen-bond donors (Lipinski definition) is 1. The number of carboxylic acid groups (broad SMARTS) is 1. The minimum absolute atomic E-state index is 0.278. The first-order valence-corrected chi connectivity index (χ1v) is 7.56. The van der Waals surface area contributed by atoms with E-state index in [0.29, 0.717) is 32.3 Å². The third-order valence-corrected chi connectivity index (χ3v) is 4.44. The van der Waals surface area contributed by atoms with E-state index in [9.17, 15) is 18.4 Å². The van der Waals surface area contributed by atoms with Crippen molar-refractivity contribution in [3.63, 3.8) is 0 Å². The molecule has 1 aliphatic carbocycles. The second-order valence-electron chi connectivity index (χ2n) is 6.01. The number of aromatic nitrogens is 2. The van der Waals surface area contributed by atoms with Crippen molar-refractivity contribution in [3.05, 3.63) is 17.5 Å². The molecule has 6 nitrogen and oxygen atoms in total. The van der Waals surface area contributed by atoms with E-state index < -0.39 is 29.1 Å². The summed E-state index contributed by atoms with van der Waals surface area (Å²) in [5.41, 5.74) is -1.67. The van der Waals surface area contributed by atoms with Gasteiger partial charge in [-0.2, -0.15) is 5.10 Å². The SMILES string of the molecule is CCOC(=O)[C@]1(C)CC[C@@H](n2ncc(C(=O)O)c2C(F)F)CC1. The maximum atomic E-state index is 13.2. The Morgan fingerprint density at radius 2 is 2.09 bits per heavy atom. The number of hydrogen-bond acceptors (Lipinski definition) is 4. The summed E-state index contributed by atoms with van der Waals surface area (Å²) >= 11 is 0. The molecule has 8 heteroatoms. The molecule has 1 aliphatic rings. The second-order valence-corrected chi connectivity index (χ2v) is 6.01. The molecule has 1 saturated carbocycles. The maximum absolute atomic E-state index is 13.2. The van der Waals surface area contributed by atoms with Crippen LogP contribution >= 0.6 is 0 Å². The summed E-state index contributed by atoms with van der Waals surface area (Å²) < 4.78 is 32.6. The van der Waals surface area contributed by atoms with Crippen molar-refractivity contribution in [2.24, 2.45) is 5.41 Å². The molecule has 1 N–H and O–H groups in total. The zero-order chi connectivity index (χ0) is 17.2. The third kappa shape index (κ3) is 3.35. The highest BCUT2D eigenvalue weighted by molar-refractivity contribution is 5.88. The molecule has 0 aromatic carbocycles. The topological polar surface area (TPSA) is 81.4 Å². The summed E-state index contributed by atoms with van der Waals surface area (Å²) in [6.07, 6.45) is -0.0424. The van der Waals surface area contributed by atoms with E-state index in [0.717, 1.165) is 10.9 Å². The van der Waals surface area contributed by atoms with Crippen LogP contribution in [-0.4, -0.2) is 33.4 Å². The molecule has 0 saturated heterocycles. The highest BCUT2D eigenvalue weighted by Gasteiger charge is 2.40. The number of ether oxygens (including phenoxy) is 1. The van der Waals surface area contributed by atoms with E-state index in [1.807, 2.05) is 0 Å². The van der Waals surface area contributed by atoms with Gasteiger partial charge in [-0.1, -0.05) is 0 Å². The van der Waals surface area contributed by atoms with Gasteiger partial charge >= 0.3 is 11.9 Å². The zero-order valence-electron chi connectivity index (χ0n) is 13.1. The Balaban J connectivity index is 2.18. The summed E-state index contributed by atoms with van der Waals surface area (Å²) in [5, 5.41) is 12.8. The Bertz CT molecular complexity index is 592. The molecule has 0 radical (unpaired) electrons. The highest BCUT2D eigenvalue weighted by Crippen LogP contribution is 2.42. The van der Waals surface area contributed by atoms with Crippen LogP contribution in [0.15, 0.2) is 6.20 Å². The first kappa shape index (κ1) is 17.4. The lowest BCUT2D eigenvalue weighted by Crippen LogP contribution is -2.35. The summed E-state index contributed by atoms with van der Waals surface area (Å²) in [7, 11) is 0. The van der Waals surface area contributed by atoms with Crippen molar-refractivity contribution < 1.29 is 28.2 Å². The largest absolute Gasteiger partial charge is 0.478 e. The van der Waals surface area contributed by atoms with Gasteiger partial charge in [-0.05, 0) is 39.5 Å². The minimum atomic E-state index is -2.91. The fourth-order valence-electron chi connectivity index (χ4n) is 3.04. The van der Waals surface area contributed by atoms with Gasteiger partial charge in [0.25, 0.3) is 6.43 Å². The Hall–Kier alpha value is -1.99. The Morgan fingerprint density at radius 1 is 1.48 bits per heavy atom. The summed E-state index contributed by atoms with van der Waals surface area (Å²) in [6, 6.07) is -0.338. The molecule has 0 spiro atoms. The Morgan fingerprint density at radius 3 is 2.57 bits per heavy atom. The van der Waals surface area contributed by atoms with Gasteiger partial charge in [-0.25, -0.2) is 13.6 Å². The molecule has 1 heterocycles. The molecule has 1 aromatic heterocycles. The molecule has 0 aliphatic heterocycles. The first-order chi connectivity index (χ1) is 10.8. The van der Waals surface area contributed by atoms with Crippen LogP contribution in [0.25, 0.3) is 0 Å². The van der Waals surface area contributed by atoms with E-state index in [-0.39, 0.29) is 12.0 Å². The summed E-state index contributed by atoms with van der Waals surface area (Å²) in [5.74, 6) is -1.70. The molecule has 0 atom stereocenters. The van der Waals surface area contributed by atoms with Crippen LogP contribution in [0.1, 0.15) is 68.0 Å². The third-order valence-electron chi connectivity index (χ3n) is 4.44. The molecule has 1 aromatic rings. The van der Waals surface area contributed by atoms with Crippen LogP contribution in [0.4, 0.5) is 8.78 Å². The predicted molar refractivity (Wildman–Crippen MR) is 76.4 cm³/mol. The fraction of sp³-hybridized carbons (Fsp3) is 0.667. The van der Waals surface area contributed by atoms with Crippen LogP contribution in [-0.2, 0) is 9.53 Å². The van der Waals surface area contributed by atoms with E-state index in [2.05, 4.69) is 5.10 Å². The summed E-state index contributed by atoms with van der Waals surface area (Å²) in [4.78, 5) is 23.0. The van der Waals surface area contributed by atoms with Gasteiger partial charge in [0.05, 0.1) is 24.3 Å². The lowest BCUT2D eigenvalue weighted by molar-refractivity contribution is -0.156. The maximum Gasteiger partial charge on any atom is 0.339 e. The molecule has 0 bridgehead atoms. The highest BCUT2D eigenvalue weighted by atomic mass is 19.3. The van der Waals surface area contributed by atoms with Gasteiger partial charge < -0.3 is 9.84 Å². The van der Waals surface area contributed by atoms with Gasteiger partial charge in [0.15, 0.2) is 0 Å². The number of carbonyl (C=O) groups excluding carboxylic acids is 1. The zero-order valence-corrected chi connectivity index (χ0v) is 13.1. The van der Waals surface area contributed by atoms with E-state index in [1.54, 1.807) is 13.8 Å². The number of esters is 1. The number of alkyl halides is 2. The molecule has 23 heavy (non-hydrogen) atoms. The van der Waals surface area contributed by atoms with Crippen LogP contribution in [0, 0.1) is 5.41 Å². The lowest BCUT2D eigenvalue weighted by atomic mass is 9.74. The Labute approximate surface area is 132 Å². The molecular formula is C15H20F2N2O4. The number of carboxylic acids is 1. The van der Waals surface area contributed by atoms with Crippen molar-refractivity contribution in [2.75, 3.05) is 6.61 Å². The lowest BCUT2D eigenvalue weighted by Gasteiger charge is -2.35. The monoisotopic (exact) mass is 330 g/mol. The van der Waals surface area contributed by atoms with E-state index in [4.69, 9.17) is 9.84 Å².